The number of nitrogens with zero attached hydrogens (tertiary/aromatic N) is 5. The molecule has 196 valence electrons. The van der Waals surface area contributed by atoms with Gasteiger partial charge in [-0.05, 0) is 42.7 Å². The normalized spacial score (nSPS) is 13.1. The van der Waals surface area contributed by atoms with Crippen LogP contribution in [0.2, 0.25) is 0 Å². The molecule has 0 spiro atoms. The Morgan fingerprint density at radius 2 is 1.66 bits per heavy atom. The Labute approximate surface area is 223 Å². The fourth-order valence-electron chi connectivity index (χ4n) is 4.15. The van der Waals surface area contributed by atoms with Gasteiger partial charge < -0.3 is 14.8 Å². The number of likely N-dealkylation sites (N-methyl/N-ethyl adjacent to an activating group) is 1. The van der Waals surface area contributed by atoms with Crippen LogP contribution in [0.3, 0.4) is 0 Å². The van der Waals surface area contributed by atoms with Gasteiger partial charge in [0, 0.05) is 31.4 Å². The van der Waals surface area contributed by atoms with Crippen molar-refractivity contribution in [2.75, 3.05) is 25.1 Å². The van der Waals surface area contributed by atoms with Crippen LogP contribution in [-0.2, 0) is 22.5 Å². The fourth-order valence-corrected chi connectivity index (χ4v) is 4.15. The van der Waals surface area contributed by atoms with E-state index in [2.05, 4.69) is 10.3 Å². The zero-order valence-corrected chi connectivity index (χ0v) is 21.8. The Balaban J connectivity index is 1.39. The Bertz CT molecular complexity index is 1330. The van der Waals surface area contributed by atoms with Crippen molar-refractivity contribution in [1.29, 1.82) is 0 Å². The first-order valence-electron chi connectivity index (χ1n) is 12.7. The number of anilines is 1. The highest BCUT2D eigenvalue weighted by Crippen LogP contribution is 2.20. The van der Waals surface area contributed by atoms with Crippen molar-refractivity contribution >= 4 is 17.9 Å². The molecule has 1 aromatic heterocycles. The molecule has 0 fully saturated rings. The summed E-state index contributed by atoms with van der Waals surface area (Å²) < 4.78 is 8.15. The average Bonchev–Trinajstić information content (AvgIpc) is 3.39. The summed E-state index contributed by atoms with van der Waals surface area (Å²) in [5.74, 6) is -0.574. The van der Waals surface area contributed by atoms with Gasteiger partial charge >= 0.3 is 5.97 Å². The lowest BCUT2D eigenvalue weighted by molar-refractivity contribution is -0.523. The van der Waals surface area contributed by atoms with Gasteiger partial charge in [0.15, 0.2) is 6.21 Å². The van der Waals surface area contributed by atoms with E-state index >= 15 is 0 Å². The lowest BCUT2D eigenvalue weighted by atomic mass is 10.0. The number of rotatable bonds is 12. The molecule has 0 saturated carbocycles. The highest BCUT2D eigenvalue weighted by atomic mass is 16.5. The van der Waals surface area contributed by atoms with E-state index in [-0.39, 0.29) is 13.2 Å². The molecule has 0 aliphatic carbocycles. The van der Waals surface area contributed by atoms with Gasteiger partial charge in [0.05, 0.1) is 25.4 Å². The smallest absolute Gasteiger partial charge is 0.381 e. The highest BCUT2D eigenvalue weighted by molar-refractivity contribution is 5.82. The van der Waals surface area contributed by atoms with Gasteiger partial charge in [-0.15, -0.1) is 5.10 Å². The zero-order valence-electron chi connectivity index (χ0n) is 21.8. The maximum Gasteiger partial charge on any atom is 0.381 e. The van der Waals surface area contributed by atoms with Crippen LogP contribution < -0.4 is 4.90 Å². The number of hydroxylamine groups is 1. The Kier molecular flexibility index (Phi) is 8.87. The second-order valence-electron chi connectivity index (χ2n) is 9.46. The van der Waals surface area contributed by atoms with Crippen molar-refractivity contribution in [2.24, 2.45) is 0 Å². The van der Waals surface area contributed by atoms with Crippen molar-refractivity contribution in [1.82, 2.24) is 15.0 Å². The number of aryl methyl sites for hydroxylation is 1. The topological polar surface area (TPSA) is 86.3 Å². The summed E-state index contributed by atoms with van der Waals surface area (Å²) in [4.78, 5) is 15.2. The van der Waals surface area contributed by atoms with E-state index in [1.165, 1.54) is 6.21 Å². The summed E-state index contributed by atoms with van der Waals surface area (Å²) in [7, 11) is 1.86. The summed E-state index contributed by atoms with van der Waals surface area (Å²) in [5.41, 5.74) is 2.12. The number of ether oxygens (including phenoxy) is 1. The minimum Gasteiger partial charge on any atom is -0.623 e. The third-order valence-corrected chi connectivity index (χ3v) is 6.32. The Morgan fingerprint density at radius 1 is 1.03 bits per heavy atom. The lowest BCUT2D eigenvalue weighted by Crippen LogP contribution is -2.54. The molecule has 38 heavy (non-hydrogen) atoms. The summed E-state index contributed by atoms with van der Waals surface area (Å²) in [6.45, 7) is 2.59. The summed E-state index contributed by atoms with van der Waals surface area (Å²) in [6, 6.07) is 28.9. The molecule has 0 amide bonds. The van der Waals surface area contributed by atoms with Crippen LogP contribution in [0.15, 0.2) is 97.2 Å². The number of esters is 1. The molecule has 0 radical (unpaired) electrons. The second kappa shape index (κ2) is 12.7. The predicted octanol–water partition coefficient (Wildman–Crippen LogP) is 4.33. The monoisotopic (exact) mass is 511 g/mol. The van der Waals surface area contributed by atoms with Crippen LogP contribution in [0.1, 0.15) is 30.2 Å². The van der Waals surface area contributed by atoms with E-state index in [9.17, 15) is 10.0 Å². The minimum absolute atomic E-state index is 0.149. The molecule has 1 unspecified atom stereocenters. The Hall–Kier alpha value is -4.46. The third-order valence-electron chi connectivity index (χ3n) is 6.32. The van der Waals surface area contributed by atoms with Gasteiger partial charge in [0.25, 0.3) is 5.54 Å². The van der Waals surface area contributed by atoms with E-state index in [1.54, 1.807) is 11.6 Å². The van der Waals surface area contributed by atoms with E-state index in [4.69, 9.17) is 4.74 Å². The molecule has 4 aromatic rings. The number of aromatic nitrogens is 3. The van der Waals surface area contributed by atoms with Gasteiger partial charge in [0.1, 0.15) is 0 Å². The maximum atomic E-state index is 13.4. The van der Waals surface area contributed by atoms with E-state index in [0.29, 0.717) is 29.7 Å². The largest absolute Gasteiger partial charge is 0.623 e. The number of carbonyl (C=O) groups excluding carboxylic acids is 1. The van der Waals surface area contributed by atoms with Crippen molar-refractivity contribution in [3.63, 3.8) is 0 Å². The number of benzene rings is 3. The van der Waals surface area contributed by atoms with Crippen molar-refractivity contribution < 1.29 is 14.3 Å². The lowest BCUT2D eigenvalue weighted by Gasteiger charge is -2.31. The van der Waals surface area contributed by atoms with Crippen molar-refractivity contribution in [3.8, 4) is 0 Å². The fraction of sp³-hybridized carbons (Fsp3) is 0.267. The van der Waals surface area contributed by atoms with Crippen LogP contribution in [-0.4, -0.2) is 57.7 Å². The maximum absolute atomic E-state index is 13.4. The summed E-state index contributed by atoms with van der Waals surface area (Å²) in [5, 5.41) is 21.8. The van der Waals surface area contributed by atoms with Crippen molar-refractivity contribution in [3.05, 3.63) is 119 Å². The van der Waals surface area contributed by atoms with Crippen LogP contribution in [0, 0.1) is 5.21 Å². The molecule has 0 bridgehead atoms. The number of carbonyl (C=O) groups is 1. The van der Waals surface area contributed by atoms with Gasteiger partial charge in [-0.25, -0.2) is 9.48 Å². The molecular weight excluding hydrogens is 478 g/mol. The predicted molar refractivity (Wildman–Crippen MR) is 148 cm³/mol. The Morgan fingerprint density at radius 3 is 2.34 bits per heavy atom. The molecule has 0 N–H and O–H groups in total. The molecule has 0 aliphatic heterocycles. The van der Waals surface area contributed by atoms with Crippen LogP contribution >= 0.6 is 0 Å². The van der Waals surface area contributed by atoms with Gasteiger partial charge in [-0.3, -0.25) is 0 Å². The second-order valence-corrected chi connectivity index (χ2v) is 9.46. The van der Waals surface area contributed by atoms with Crippen LogP contribution in [0.25, 0.3) is 0 Å². The molecule has 3 aromatic carbocycles. The summed E-state index contributed by atoms with van der Waals surface area (Å²) in [6.07, 6.45) is 4.52. The zero-order chi connectivity index (χ0) is 26.8. The first-order chi connectivity index (χ1) is 18.4. The molecule has 4 rings (SSSR count). The first-order valence-corrected chi connectivity index (χ1v) is 12.7. The quantitative estimate of drug-likeness (QED) is 0.0703. The van der Waals surface area contributed by atoms with E-state index in [1.807, 2.05) is 109 Å². The molecule has 8 nitrogen and oxygen atoms in total. The molecule has 0 saturated heterocycles. The minimum atomic E-state index is -1.46. The standard InChI is InChI=1S/C30H33N5O3/c1-30(24-33(2)28-18-10-5-11-19-28,35(37)22-26-15-8-4-9-16-26)29(36)38-20-12-17-27-23-34(32-31-27)21-25-13-6-3-7-14-25/h3-11,13-16,18-19,22-23H,12,17,20-21,24H2,1-2H3/b35-22+. The molecule has 8 heteroatoms. The molecular formula is C30H33N5O3. The number of hydrogen-bond donors (Lipinski definition) is 0. The number of hydrogen-bond acceptors (Lipinski definition) is 6. The highest BCUT2D eigenvalue weighted by Gasteiger charge is 2.45. The molecule has 1 heterocycles. The van der Waals surface area contributed by atoms with Crippen LogP contribution in [0.5, 0.6) is 0 Å². The first kappa shape index (κ1) is 26.6. The molecule has 1 atom stereocenters. The third kappa shape index (κ3) is 7.06. The van der Waals surface area contributed by atoms with Crippen molar-refractivity contribution in [2.45, 2.75) is 31.8 Å². The number of para-hydroxylation sites is 1. The van der Waals surface area contributed by atoms with Gasteiger partial charge in [-0.1, -0.05) is 71.9 Å². The van der Waals surface area contributed by atoms with Gasteiger partial charge in [0.2, 0.25) is 0 Å². The summed E-state index contributed by atoms with van der Waals surface area (Å²) >= 11 is 0. The molecule has 0 aliphatic rings. The average molecular weight is 512 g/mol. The van der Waals surface area contributed by atoms with Gasteiger partial charge in [-0.2, -0.15) is 4.74 Å². The van der Waals surface area contributed by atoms with E-state index in [0.717, 1.165) is 16.9 Å². The van der Waals surface area contributed by atoms with E-state index < -0.39 is 11.5 Å². The van der Waals surface area contributed by atoms with Crippen LogP contribution in [0.4, 0.5) is 5.69 Å². The SMILES string of the molecule is CN(CC(C)(C(=O)OCCCc1cn(Cc2ccccc2)nn1)/[N+]([O-])=C\c1ccccc1)c1ccccc1.